The van der Waals surface area contributed by atoms with Crippen LogP contribution in [0.2, 0.25) is 0 Å². The van der Waals surface area contributed by atoms with E-state index in [2.05, 4.69) is 31.9 Å². The summed E-state index contributed by atoms with van der Waals surface area (Å²) in [5.74, 6) is -11.5. The molecule has 21 heteroatoms. The van der Waals surface area contributed by atoms with E-state index in [-0.39, 0.29) is 31.3 Å². The molecule has 0 fully saturated rings. The molecule has 0 aromatic heterocycles. The van der Waals surface area contributed by atoms with Crippen LogP contribution in [0.15, 0.2) is 30.3 Å². The molecule has 0 aliphatic carbocycles. The summed E-state index contributed by atoms with van der Waals surface area (Å²) in [5, 5.41) is 43.3. The van der Waals surface area contributed by atoms with Crippen LogP contribution in [-0.2, 0) is 54.5 Å². The van der Waals surface area contributed by atoms with E-state index in [1.165, 1.54) is 6.92 Å². The first-order chi connectivity index (χ1) is 28.9. The van der Waals surface area contributed by atoms with Crippen LogP contribution in [0, 0.1) is 23.7 Å². The second-order valence-electron chi connectivity index (χ2n) is 16.2. The zero-order chi connectivity index (χ0) is 47.3. The second kappa shape index (κ2) is 27.0. The minimum atomic E-state index is -1.77. The van der Waals surface area contributed by atoms with Gasteiger partial charge in [-0.15, -0.1) is 0 Å². The predicted octanol–water partition coefficient (Wildman–Crippen LogP) is -0.134. The highest BCUT2D eigenvalue weighted by Gasteiger charge is 2.35. The molecule has 0 spiro atoms. The molecule has 1 unspecified atom stereocenters. The number of hydrogen-bond acceptors (Lipinski definition) is 12. The van der Waals surface area contributed by atoms with Gasteiger partial charge in [-0.05, 0) is 43.1 Å². The number of carboxylic acid groups (broad SMARTS) is 2. The maximum absolute atomic E-state index is 14.0. The molecule has 0 radical (unpaired) electrons. The molecular weight excluding hydrogens is 814 g/mol. The van der Waals surface area contributed by atoms with Crippen molar-refractivity contribution in [2.75, 3.05) is 6.54 Å². The fraction of sp³-hybridized carbons (Fsp3) is 0.610. The summed E-state index contributed by atoms with van der Waals surface area (Å²) in [5.41, 5.74) is 6.19. The molecule has 0 aliphatic heterocycles. The lowest BCUT2D eigenvalue weighted by Crippen LogP contribution is -2.57. The zero-order valence-electron chi connectivity index (χ0n) is 36.2. The van der Waals surface area contributed by atoms with Gasteiger partial charge in [-0.2, -0.15) is 0 Å². The van der Waals surface area contributed by atoms with Gasteiger partial charge in [0.05, 0.1) is 30.9 Å². The van der Waals surface area contributed by atoms with E-state index in [0.717, 1.165) is 0 Å². The van der Waals surface area contributed by atoms with Gasteiger partial charge in [-0.3, -0.25) is 43.2 Å². The highest BCUT2D eigenvalue weighted by atomic mass is 16.5. The summed E-state index contributed by atoms with van der Waals surface area (Å²) in [6.45, 7) is 10.6. The van der Waals surface area contributed by atoms with Gasteiger partial charge in [0.25, 0.3) is 0 Å². The average Bonchev–Trinajstić information content (AvgIpc) is 3.17. The number of ether oxygens (including phenoxy) is 1. The highest BCUT2D eigenvalue weighted by molar-refractivity contribution is 5.98. The number of benzene rings is 1. The Morgan fingerprint density at radius 2 is 1.19 bits per heavy atom. The van der Waals surface area contributed by atoms with Crippen LogP contribution in [0.1, 0.15) is 92.6 Å². The van der Waals surface area contributed by atoms with Crippen LogP contribution in [0.5, 0.6) is 0 Å². The van der Waals surface area contributed by atoms with Gasteiger partial charge >= 0.3 is 18.0 Å². The number of carboxylic acids is 2. The quantitative estimate of drug-likeness (QED) is 0.0524. The summed E-state index contributed by atoms with van der Waals surface area (Å²) in [4.78, 5) is 128. The van der Waals surface area contributed by atoms with Crippen LogP contribution in [-0.4, -0.2) is 117 Å². The lowest BCUT2D eigenvalue weighted by atomic mass is 9.92. The number of alkyl carbamates (subject to hydrolysis) is 1. The molecule has 0 saturated heterocycles. The molecule has 1 aromatic carbocycles. The van der Waals surface area contributed by atoms with Crippen LogP contribution in [0.3, 0.4) is 0 Å². The second-order valence-corrected chi connectivity index (χ2v) is 16.2. The van der Waals surface area contributed by atoms with Crippen molar-refractivity contribution >= 4 is 59.3 Å². The Balaban J connectivity index is 3.38. The van der Waals surface area contributed by atoms with Crippen molar-refractivity contribution in [1.29, 1.82) is 0 Å². The van der Waals surface area contributed by atoms with Crippen molar-refractivity contribution in [1.82, 2.24) is 31.9 Å². The van der Waals surface area contributed by atoms with Crippen molar-refractivity contribution in [3.63, 3.8) is 0 Å². The summed E-state index contributed by atoms with van der Waals surface area (Å²) >= 11 is 0. The Morgan fingerprint density at radius 1 is 0.629 bits per heavy atom. The maximum atomic E-state index is 14.0. The minimum absolute atomic E-state index is 0.0381. The number of aliphatic hydroxyl groups excluding tert-OH is 1. The molecule has 62 heavy (non-hydrogen) atoms. The van der Waals surface area contributed by atoms with E-state index in [1.807, 2.05) is 0 Å². The number of rotatable bonds is 28. The Labute approximate surface area is 360 Å². The van der Waals surface area contributed by atoms with Gasteiger partial charge in [0.2, 0.25) is 35.4 Å². The Morgan fingerprint density at radius 3 is 1.71 bits per heavy atom. The van der Waals surface area contributed by atoms with Gasteiger partial charge < -0.3 is 57.7 Å². The van der Waals surface area contributed by atoms with E-state index in [4.69, 9.17) is 15.6 Å². The molecule has 0 bridgehead atoms. The molecule has 7 amide bonds. The Bertz CT molecular complexity index is 1720. The van der Waals surface area contributed by atoms with E-state index < -0.39 is 140 Å². The number of ketones is 1. The van der Waals surface area contributed by atoms with Crippen LogP contribution >= 0.6 is 0 Å². The Kier molecular flexibility index (Phi) is 23.4. The highest BCUT2D eigenvalue weighted by Crippen LogP contribution is 2.15. The monoisotopic (exact) mass is 877 g/mol. The van der Waals surface area contributed by atoms with Gasteiger partial charge in [-0.25, -0.2) is 4.79 Å². The van der Waals surface area contributed by atoms with Gasteiger partial charge in [-0.1, -0.05) is 71.9 Å². The van der Waals surface area contributed by atoms with E-state index in [9.17, 15) is 58.2 Å². The molecule has 0 heterocycles. The largest absolute Gasteiger partial charge is 0.481 e. The third kappa shape index (κ3) is 20.9. The molecule has 0 saturated carbocycles. The average molecular weight is 878 g/mol. The summed E-state index contributed by atoms with van der Waals surface area (Å²) in [6, 6.07) is 1.42. The molecule has 1 aromatic rings. The van der Waals surface area contributed by atoms with Crippen molar-refractivity contribution < 1.29 is 68.0 Å². The predicted molar refractivity (Wildman–Crippen MR) is 221 cm³/mol. The summed E-state index contributed by atoms with van der Waals surface area (Å²) in [7, 11) is 0. The fourth-order valence-corrected chi connectivity index (χ4v) is 5.94. The Hall–Kier alpha value is -6.12. The van der Waals surface area contributed by atoms with E-state index >= 15 is 0 Å². The number of primary amides is 1. The molecule has 11 N–H and O–H groups in total. The number of amides is 7. The lowest BCUT2D eigenvalue weighted by Gasteiger charge is -2.28. The molecule has 21 nitrogen and oxygen atoms in total. The molecule has 346 valence electrons. The first kappa shape index (κ1) is 53.9. The van der Waals surface area contributed by atoms with Crippen molar-refractivity contribution in [2.45, 2.75) is 130 Å². The van der Waals surface area contributed by atoms with Crippen molar-refractivity contribution in [3.05, 3.63) is 35.9 Å². The molecule has 7 atom stereocenters. The topological polar surface area (TPSA) is 339 Å². The number of Topliss-reactive ketones (excluding diaryl/α,β-unsaturated/α-hetero) is 1. The normalized spacial score (nSPS) is 14.5. The zero-order valence-corrected chi connectivity index (χ0v) is 36.2. The summed E-state index contributed by atoms with van der Waals surface area (Å²) < 4.78 is 5.16. The van der Waals surface area contributed by atoms with Gasteiger partial charge in [0, 0.05) is 19.4 Å². The summed E-state index contributed by atoms with van der Waals surface area (Å²) in [6.07, 6.45) is -5.00. The van der Waals surface area contributed by atoms with E-state index in [0.29, 0.717) is 5.56 Å². The number of carbonyl (C=O) groups is 10. The lowest BCUT2D eigenvalue weighted by molar-refractivity contribution is -0.141. The maximum Gasteiger partial charge on any atom is 0.408 e. The number of hydrogen-bond donors (Lipinski definition) is 10. The third-order valence-corrected chi connectivity index (χ3v) is 9.21. The third-order valence-electron chi connectivity index (χ3n) is 9.21. The number of aliphatic hydroxyl groups is 1. The van der Waals surface area contributed by atoms with Crippen molar-refractivity contribution in [3.8, 4) is 0 Å². The van der Waals surface area contributed by atoms with Gasteiger partial charge in [0.1, 0.15) is 30.8 Å². The van der Waals surface area contributed by atoms with Crippen LogP contribution in [0.4, 0.5) is 4.79 Å². The fourth-order valence-electron chi connectivity index (χ4n) is 5.94. The molecule has 1 rings (SSSR count). The molecule has 0 aliphatic rings. The van der Waals surface area contributed by atoms with Crippen LogP contribution < -0.4 is 37.6 Å². The SMILES string of the molecule is CC(C)CC(NC(=O)[C@H](CC(=O)O)NC(=O)[C@@H](NC(=O)CCC(=O)O)C(C)C)C(=O)C[C@@H](CNC(=O)[C@@H](NC(=O)OCc1ccccc1)[C@@H](C)O)C(=O)N[C@@H](CC(C)C)C(N)=O. The number of carbonyl (C=O) groups excluding carboxylic acids is 8. The van der Waals surface area contributed by atoms with Crippen molar-refractivity contribution in [2.24, 2.45) is 29.4 Å². The van der Waals surface area contributed by atoms with E-state index in [1.54, 1.807) is 71.9 Å². The molecular formula is C41H63N7O14. The minimum Gasteiger partial charge on any atom is -0.481 e. The standard InChI is InChI=1S/C41H63N7O14/c1-21(2)15-27(44-38(58)29(18-33(54)55)46-40(60)34(23(5)6)47-31(51)13-14-32(52)53)30(50)17-26(37(57)45-28(36(42)56)16-22(3)4)19-43-39(59)35(24(7)49)48-41(61)62-20-25-11-9-8-10-12-25/h8-12,21-24,26-29,34-35,49H,13-20H2,1-7H3,(H2,42,56)(H,43,59)(H,44,58)(H,45,57)(H,46,60)(H,47,51)(H,48,61)(H,52,53)(H,54,55)/t24-,26+,27?,28+,29+,34+,35+/m1/s1. The van der Waals surface area contributed by atoms with Gasteiger partial charge in [0.15, 0.2) is 5.78 Å². The number of aliphatic carboxylic acids is 2. The smallest absolute Gasteiger partial charge is 0.408 e. The van der Waals surface area contributed by atoms with Crippen LogP contribution in [0.25, 0.3) is 0 Å². The number of nitrogens with two attached hydrogens (primary N) is 1. The first-order valence-corrected chi connectivity index (χ1v) is 20.3. The number of nitrogens with one attached hydrogen (secondary N) is 6. The first-order valence-electron chi connectivity index (χ1n) is 20.3.